The first kappa shape index (κ1) is 32.8. The zero-order chi connectivity index (χ0) is 38.2. The van der Waals surface area contributed by atoms with E-state index in [4.69, 9.17) is 15.0 Å². The predicted molar refractivity (Wildman–Crippen MR) is 242 cm³/mol. The Hall–Kier alpha value is -7.41. The van der Waals surface area contributed by atoms with Gasteiger partial charge in [0.25, 0.3) is 0 Å². The van der Waals surface area contributed by atoms with Gasteiger partial charge in [-0.25, -0.2) is 15.0 Å². The number of benzene rings is 8. The van der Waals surface area contributed by atoms with E-state index in [1.165, 1.54) is 47.2 Å². The first-order chi connectivity index (χ1) is 28.8. The number of para-hydroxylation sites is 3. The van der Waals surface area contributed by atoms with Crippen LogP contribution >= 0.6 is 11.3 Å². The van der Waals surface area contributed by atoms with E-state index in [1.807, 2.05) is 47.7 Å². The Morgan fingerprint density at radius 1 is 0.362 bits per heavy atom. The Bertz CT molecular complexity index is 3430. The number of aromatic nitrogens is 5. The number of fused-ring (bicyclic) bond motifs is 9. The molecule has 0 aliphatic carbocycles. The average molecular weight is 760 g/mol. The van der Waals surface area contributed by atoms with E-state index in [2.05, 4.69) is 161 Å². The van der Waals surface area contributed by atoms with Gasteiger partial charge < -0.3 is 9.13 Å². The number of rotatable bonds is 6. The SMILES string of the molecule is c1ccc(-c2nc(Cc3c(-n4c5ccccc5c5ccccc54)cccc3-n3c4ccccc4c4cc5c(cc43)sc3ccccc35)nc(-c3ccccc3)n2)cc1. The summed E-state index contributed by atoms with van der Waals surface area (Å²) in [6.07, 6.45) is 0.466. The lowest BCUT2D eigenvalue weighted by Gasteiger charge is -2.20. The molecule has 0 atom stereocenters. The van der Waals surface area contributed by atoms with E-state index in [0.29, 0.717) is 23.9 Å². The molecular weight excluding hydrogens is 727 g/mol. The number of hydrogen-bond donors (Lipinski definition) is 0. The molecule has 4 aromatic heterocycles. The van der Waals surface area contributed by atoms with Crippen molar-refractivity contribution in [3.8, 4) is 34.2 Å². The lowest BCUT2D eigenvalue weighted by atomic mass is 10.0. The predicted octanol–water partition coefficient (Wildman–Crippen LogP) is 13.4. The molecule has 8 aromatic carbocycles. The van der Waals surface area contributed by atoms with Gasteiger partial charge in [0.2, 0.25) is 0 Å². The van der Waals surface area contributed by atoms with Gasteiger partial charge in [0.05, 0.1) is 33.4 Å². The van der Waals surface area contributed by atoms with Crippen LogP contribution in [0.5, 0.6) is 0 Å². The van der Waals surface area contributed by atoms with Crippen LogP contribution in [0, 0.1) is 0 Å². The number of thiophene rings is 1. The smallest absolute Gasteiger partial charge is 0.163 e. The molecule has 0 fully saturated rings. The van der Waals surface area contributed by atoms with Crippen molar-refractivity contribution in [2.75, 3.05) is 0 Å². The molecule has 0 aliphatic heterocycles. The standard InChI is InChI=1S/C52H33N5S/c1-3-16-33(17-4-1)51-53-50(54-52(55-51)34-18-5-2-6-19-34)31-41-45(56-42-24-11-7-20-35(42)36-21-8-12-25-43(36)56)27-15-28-46(41)57-44-26-13-9-22-37(44)39-30-40-38-23-10-14-29-48(38)58-49(40)32-47(39)57/h1-30,32H,31H2. The van der Waals surface area contributed by atoms with Crippen LogP contribution in [-0.4, -0.2) is 24.1 Å². The minimum absolute atomic E-state index is 0.466. The van der Waals surface area contributed by atoms with Gasteiger partial charge in [-0.1, -0.05) is 140 Å². The van der Waals surface area contributed by atoms with Crippen molar-refractivity contribution in [2.45, 2.75) is 6.42 Å². The summed E-state index contributed by atoms with van der Waals surface area (Å²) in [6.45, 7) is 0. The second kappa shape index (κ2) is 13.1. The monoisotopic (exact) mass is 759 g/mol. The van der Waals surface area contributed by atoms with Crippen molar-refractivity contribution in [3.05, 3.63) is 199 Å². The number of hydrogen-bond acceptors (Lipinski definition) is 4. The molecule has 0 N–H and O–H groups in total. The Morgan fingerprint density at radius 2 is 0.845 bits per heavy atom. The molecule has 0 bridgehead atoms. The second-order valence-corrected chi connectivity index (χ2v) is 15.9. The van der Waals surface area contributed by atoms with E-state index in [-0.39, 0.29) is 0 Å². The van der Waals surface area contributed by atoms with Crippen LogP contribution in [-0.2, 0) is 6.42 Å². The first-order valence-corrected chi connectivity index (χ1v) is 20.4. The second-order valence-electron chi connectivity index (χ2n) is 14.8. The van der Waals surface area contributed by atoms with Crippen molar-refractivity contribution in [1.29, 1.82) is 0 Å². The summed E-state index contributed by atoms with van der Waals surface area (Å²) in [4.78, 5) is 15.5. The molecule has 0 radical (unpaired) electrons. The minimum atomic E-state index is 0.466. The fourth-order valence-corrected chi connectivity index (χ4v) is 10.0. The fraction of sp³-hybridized carbons (Fsp3) is 0.0192. The van der Waals surface area contributed by atoms with Crippen LogP contribution in [0.4, 0.5) is 0 Å². The van der Waals surface area contributed by atoms with Crippen LogP contribution in [0.2, 0.25) is 0 Å². The van der Waals surface area contributed by atoms with Crippen LogP contribution in [0.25, 0.3) is 97.9 Å². The van der Waals surface area contributed by atoms with Gasteiger partial charge in [-0.05, 0) is 48.5 Å². The lowest BCUT2D eigenvalue weighted by Crippen LogP contribution is -2.10. The highest BCUT2D eigenvalue weighted by Crippen LogP contribution is 2.42. The quantitative estimate of drug-likeness (QED) is 0.170. The zero-order valence-electron chi connectivity index (χ0n) is 31.2. The summed E-state index contributed by atoms with van der Waals surface area (Å²) in [5, 5.41) is 7.49. The molecule has 0 saturated carbocycles. The summed E-state index contributed by atoms with van der Waals surface area (Å²) in [6, 6.07) is 67.0. The van der Waals surface area contributed by atoms with Gasteiger partial charge in [-0.3, -0.25) is 0 Å². The van der Waals surface area contributed by atoms with Gasteiger partial charge in [0.15, 0.2) is 11.6 Å². The third kappa shape index (κ3) is 5.12. The molecule has 12 rings (SSSR count). The van der Waals surface area contributed by atoms with Gasteiger partial charge in [-0.2, -0.15) is 0 Å². The molecule has 6 heteroatoms. The maximum Gasteiger partial charge on any atom is 0.163 e. The lowest BCUT2D eigenvalue weighted by molar-refractivity contribution is 0.916. The summed E-state index contributed by atoms with van der Waals surface area (Å²) < 4.78 is 7.47. The molecule has 0 spiro atoms. The highest BCUT2D eigenvalue weighted by atomic mass is 32.1. The molecule has 0 amide bonds. The molecule has 272 valence electrons. The molecule has 0 unspecified atom stereocenters. The topological polar surface area (TPSA) is 48.5 Å². The minimum Gasteiger partial charge on any atom is -0.309 e. The molecule has 58 heavy (non-hydrogen) atoms. The summed E-state index contributed by atoms with van der Waals surface area (Å²) in [5.74, 6) is 2.02. The van der Waals surface area contributed by atoms with Crippen LogP contribution in [0.1, 0.15) is 11.4 Å². The van der Waals surface area contributed by atoms with Gasteiger partial charge >= 0.3 is 0 Å². The third-order valence-electron chi connectivity index (χ3n) is 11.4. The molecule has 12 aromatic rings. The molecule has 4 heterocycles. The average Bonchev–Trinajstić information content (AvgIpc) is 3.93. The fourth-order valence-electron chi connectivity index (χ4n) is 8.88. The first-order valence-electron chi connectivity index (χ1n) is 19.6. The highest BCUT2D eigenvalue weighted by molar-refractivity contribution is 7.25. The normalized spacial score (nSPS) is 11.9. The van der Waals surface area contributed by atoms with Crippen molar-refractivity contribution >= 4 is 75.1 Å². The van der Waals surface area contributed by atoms with Gasteiger partial charge in [0, 0.05) is 64.8 Å². The van der Waals surface area contributed by atoms with Crippen LogP contribution in [0.15, 0.2) is 188 Å². The molecular formula is C52H33N5S. The Labute approximate surface area is 337 Å². The molecule has 0 saturated heterocycles. The van der Waals surface area contributed by atoms with E-state index < -0.39 is 0 Å². The van der Waals surface area contributed by atoms with Crippen LogP contribution in [0.3, 0.4) is 0 Å². The highest BCUT2D eigenvalue weighted by Gasteiger charge is 2.23. The Balaban J connectivity index is 1.18. The maximum absolute atomic E-state index is 5.24. The van der Waals surface area contributed by atoms with Gasteiger partial charge in [0.1, 0.15) is 5.82 Å². The van der Waals surface area contributed by atoms with E-state index >= 15 is 0 Å². The molecule has 5 nitrogen and oxygen atoms in total. The van der Waals surface area contributed by atoms with E-state index in [0.717, 1.165) is 44.6 Å². The van der Waals surface area contributed by atoms with Crippen molar-refractivity contribution < 1.29 is 0 Å². The largest absolute Gasteiger partial charge is 0.309 e. The van der Waals surface area contributed by atoms with Crippen molar-refractivity contribution in [3.63, 3.8) is 0 Å². The van der Waals surface area contributed by atoms with Gasteiger partial charge in [-0.15, -0.1) is 11.3 Å². The van der Waals surface area contributed by atoms with Crippen molar-refractivity contribution in [1.82, 2.24) is 24.1 Å². The van der Waals surface area contributed by atoms with Crippen LogP contribution < -0.4 is 0 Å². The Kier molecular flexibility index (Phi) is 7.40. The maximum atomic E-state index is 5.24. The number of nitrogens with zero attached hydrogens (tertiary/aromatic N) is 5. The van der Waals surface area contributed by atoms with E-state index in [1.54, 1.807) is 0 Å². The van der Waals surface area contributed by atoms with E-state index in [9.17, 15) is 0 Å². The summed E-state index contributed by atoms with van der Waals surface area (Å²) >= 11 is 1.86. The Morgan fingerprint density at radius 3 is 1.43 bits per heavy atom. The third-order valence-corrected chi connectivity index (χ3v) is 12.6. The summed E-state index contributed by atoms with van der Waals surface area (Å²) in [5.41, 5.74) is 9.85. The van der Waals surface area contributed by atoms with Crippen molar-refractivity contribution in [2.24, 2.45) is 0 Å². The zero-order valence-corrected chi connectivity index (χ0v) is 32.1. The summed E-state index contributed by atoms with van der Waals surface area (Å²) in [7, 11) is 0. The molecule has 0 aliphatic rings.